The summed E-state index contributed by atoms with van der Waals surface area (Å²) in [5, 5.41) is 18.7. The van der Waals surface area contributed by atoms with E-state index in [9.17, 15) is 9.90 Å². The van der Waals surface area contributed by atoms with E-state index in [-0.39, 0.29) is 11.5 Å². The van der Waals surface area contributed by atoms with Crippen LogP contribution in [0.2, 0.25) is 0 Å². The zero-order valence-electron chi connectivity index (χ0n) is 11.8. The monoisotopic (exact) mass is 266 g/mol. The van der Waals surface area contributed by atoms with E-state index in [0.717, 1.165) is 48.8 Å². The Morgan fingerprint density at radius 3 is 2.47 bits per heavy atom. The Balaban J connectivity index is 3.22. The highest BCUT2D eigenvalue weighted by Crippen LogP contribution is 2.36. The molecule has 0 fully saturated rings. The number of benzene rings is 1. The lowest BCUT2D eigenvalue weighted by Crippen LogP contribution is -2.06. The zero-order chi connectivity index (χ0) is 14.4. The molecule has 2 N–H and O–H groups in total. The van der Waals surface area contributed by atoms with E-state index in [2.05, 4.69) is 18.6 Å². The molecule has 0 aliphatic carbocycles. The van der Waals surface area contributed by atoms with Crippen LogP contribution in [-0.2, 0) is 12.8 Å². The Hall–Kier alpha value is -1.71. The van der Waals surface area contributed by atoms with Crippen LogP contribution in [0.25, 0.3) is 0 Å². The standard InChI is InChI=1S/C15H22O4/c1-4-6-8-11-9-13(19-15(17)18)14(16)10(3)12(11)7-5-2/h9,16H,4-8H2,1-3H3,(H,17,18). The van der Waals surface area contributed by atoms with Gasteiger partial charge in [0, 0.05) is 0 Å². The van der Waals surface area contributed by atoms with Crippen LogP contribution in [0.1, 0.15) is 49.8 Å². The van der Waals surface area contributed by atoms with Gasteiger partial charge in [-0.1, -0.05) is 26.7 Å². The summed E-state index contributed by atoms with van der Waals surface area (Å²) in [6.07, 6.45) is 3.45. The van der Waals surface area contributed by atoms with E-state index < -0.39 is 6.16 Å². The molecule has 1 aromatic rings. The van der Waals surface area contributed by atoms with Gasteiger partial charge in [-0.2, -0.15) is 0 Å². The Kier molecular flexibility index (Phi) is 5.67. The van der Waals surface area contributed by atoms with Crippen LogP contribution in [0, 0.1) is 6.92 Å². The summed E-state index contributed by atoms with van der Waals surface area (Å²) in [7, 11) is 0. The van der Waals surface area contributed by atoms with Crippen molar-refractivity contribution in [2.75, 3.05) is 0 Å². The van der Waals surface area contributed by atoms with Crippen LogP contribution in [-0.4, -0.2) is 16.4 Å². The average Bonchev–Trinajstić information content (AvgIpc) is 2.36. The molecule has 0 radical (unpaired) electrons. The van der Waals surface area contributed by atoms with E-state index in [0.29, 0.717) is 0 Å². The summed E-state index contributed by atoms with van der Waals surface area (Å²) >= 11 is 0. The van der Waals surface area contributed by atoms with Crippen molar-refractivity contribution in [2.24, 2.45) is 0 Å². The fraction of sp³-hybridized carbons (Fsp3) is 0.533. The van der Waals surface area contributed by atoms with Crippen LogP contribution in [0.4, 0.5) is 4.79 Å². The molecule has 0 heterocycles. The van der Waals surface area contributed by atoms with Crippen molar-refractivity contribution >= 4 is 6.16 Å². The van der Waals surface area contributed by atoms with Crippen LogP contribution in [0.5, 0.6) is 11.5 Å². The molecule has 0 atom stereocenters. The number of rotatable bonds is 6. The Labute approximate surface area is 114 Å². The number of aromatic hydroxyl groups is 1. The number of ether oxygens (including phenoxy) is 1. The molecule has 0 saturated carbocycles. The fourth-order valence-electron chi connectivity index (χ4n) is 2.24. The van der Waals surface area contributed by atoms with Crippen molar-refractivity contribution in [3.63, 3.8) is 0 Å². The van der Waals surface area contributed by atoms with Crippen molar-refractivity contribution in [3.05, 3.63) is 22.8 Å². The van der Waals surface area contributed by atoms with Gasteiger partial charge in [0.05, 0.1) is 0 Å². The normalized spacial score (nSPS) is 10.5. The first-order valence-corrected chi connectivity index (χ1v) is 6.76. The van der Waals surface area contributed by atoms with E-state index in [1.807, 2.05) is 6.92 Å². The average molecular weight is 266 g/mol. The maximum absolute atomic E-state index is 10.6. The van der Waals surface area contributed by atoms with Crippen molar-refractivity contribution in [1.29, 1.82) is 0 Å². The molecule has 0 aliphatic rings. The molecule has 0 amide bonds. The number of phenols is 1. The SMILES string of the molecule is CCCCc1cc(OC(=O)O)c(O)c(C)c1CCC. The Morgan fingerprint density at radius 2 is 1.95 bits per heavy atom. The van der Waals surface area contributed by atoms with Crippen molar-refractivity contribution < 1.29 is 19.7 Å². The number of hydrogen-bond donors (Lipinski definition) is 2. The minimum atomic E-state index is -1.40. The van der Waals surface area contributed by atoms with Gasteiger partial charge in [0.15, 0.2) is 11.5 Å². The lowest BCUT2D eigenvalue weighted by molar-refractivity contribution is 0.142. The highest BCUT2D eigenvalue weighted by Gasteiger charge is 2.16. The van der Waals surface area contributed by atoms with Gasteiger partial charge in [0.1, 0.15) is 0 Å². The van der Waals surface area contributed by atoms with Crippen LogP contribution in [0.15, 0.2) is 6.07 Å². The largest absolute Gasteiger partial charge is 0.511 e. The van der Waals surface area contributed by atoms with Gasteiger partial charge in [-0.25, -0.2) is 4.79 Å². The lowest BCUT2D eigenvalue weighted by Gasteiger charge is -2.16. The second-order valence-corrected chi connectivity index (χ2v) is 4.71. The van der Waals surface area contributed by atoms with Gasteiger partial charge in [-0.15, -0.1) is 0 Å². The number of hydrogen-bond acceptors (Lipinski definition) is 3. The fourth-order valence-corrected chi connectivity index (χ4v) is 2.24. The summed E-state index contributed by atoms with van der Waals surface area (Å²) in [4.78, 5) is 10.6. The maximum Gasteiger partial charge on any atom is 0.511 e. The smallest absolute Gasteiger partial charge is 0.504 e. The molecular formula is C15H22O4. The summed E-state index contributed by atoms with van der Waals surface area (Å²) in [5.41, 5.74) is 2.92. The third-order valence-electron chi connectivity index (χ3n) is 3.23. The first kappa shape index (κ1) is 15.3. The number of phenolic OH excluding ortho intramolecular Hbond substituents is 1. The molecule has 0 saturated heterocycles. The topological polar surface area (TPSA) is 66.8 Å². The first-order chi connectivity index (χ1) is 9.01. The van der Waals surface area contributed by atoms with Crippen LogP contribution >= 0.6 is 0 Å². The van der Waals surface area contributed by atoms with E-state index in [1.54, 1.807) is 6.07 Å². The van der Waals surface area contributed by atoms with Crippen molar-refractivity contribution in [3.8, 4) is 11.5 Å². The number of carbonyl (C=O) groups is 1. The lowest BCUT2D eigenvalue weighted by atomic mass is 9.93. The third-order valence-corrected chi connectivity index (χ3v) is 3.23. The molecule has 0 aliphatic heterocycles. The summed E-state index contributed by atoms with van der Waals surface area (Å²) in [5.74, 6) is -0.0259. The van der Waals surface area contributed by atoms with Gasteiger partial charge in [0.25, 0.3) is 0 Å². The van der Waals surface area contributed by atoms with E-state index in [4.69, 9.17) is 5.11 Å². The molecule has 0 spiro atoms. The molecule has 4 heteroatoms. The molecular weight excluding hydrogens is 244 g/mol. The predicted octanol–water partition coefficient (Wildman–Crippen LogP) is 4.05. The predicted molar refractivity (Wildman–Crippen MR) is 74.1 cm³/mol. The maximum atomic E-state index is 10.6. The quantitative estimate of drug-likeness (QED) is 0.602. The number of aryl methyl sites for hydroxylation is 1. The zero-order valence-corrected chi connectivity index (χ0v) is 11.8. The second kappa shape index (κ2) is 7.02. The summed E-state index contributed by atoms with van der Waals surface area (Å²) in [6.45, 7) is 6.01. The minimum absolute atomic E-state index is 0.0379. The van der Waals surface area contributed by atoms with Gasteiger partial charge >= 0.3 is 6.16 Å². The molecule has 0 aromatic heterocycles. The molecule has 0 bridgehead atoms. The second-order valence-electron chi connectivity index (χ2n) is 4.71. The first-order valence-electron chi connectivity index (χ1n) is 6.76. The number of unbranched alkanes of at least 4 members (excludes halogenated alkanes) is 1. The highest BCUT2D eigenvalue weighted by molar-refractivity contribution is 5.65. The van der Waals surface area contributed by atoms with Crippen LogP contribution < -0.4 is 4.74 Å². The van der Waals surface area contributed by atoms with Gasteiger partial charge in [0.2, 0.25) is 0 Å². The number of carboxylic acid groups (broad SMARTS) is 1. The summed E-state index contributed by atoms with van der Waals surface area (Å²) in [6, 6.07) is 1.66. The van der Waals surface area contributed by atoms with Crippen LogP contribution in [0.3, 0.4) is 0 Å². The highest BCUT2D eigenvalue weighted by atomic mass is 16.7. The molecule has 1 rings (SSSR count). The third kappa shape index (κ3) is 3.88. The van der Waals surface area contributed by atoms with Crippen molar-refractivity contribution in [1.82, 2.24) is 0 Å². The van der Waals surface area contributed by atoms with Gasteiger partial charge in [-0.05, 0) is 48.9 Å². The minimum Gasteiger partial charge on any atom is -0.504 e. The molecule has 0 unspecified atom stereocenters. The molecule has 4 nitrogen and oxygen atoms in total. The van der Waals surface area contributed by atoms with E-state index >= 15 is 0 Å². The molecule has 19 heavy (non-hydrogen) atoms. The molecule has 1 aromatic carbocycles. The van der Waals surface area contributed by atoms with E-state index in [1.165, 1.54) is 0 Å². The van der Waals surface area contributed by atoms with Crippen molar-refractivity contribution in [2.45, 2.75) is 52.9 Å². The Morgan fingerprint density at radius 1 is 1.26 bits per heavy atom. The van der Waals surface area contributed by atoms with Gasteiger partial charge < -0.3 is 14.9 Å². The summed E-state index contributed by atoms with van der Waals surface area (Å²) < 4.78 is 4.65. The van der Waals surface area contributed by atoms with Gasteiger partial charge in [-0.3, -0.25) is 0 Å². The molecule has 106 valence electrons. The Bertz CT molecular complexity index is 452.